The number of nitrogens with zero attached hydrogens (tertiary/aromatic N) is 1. The fourth-order valence-electron chi connectivity index (χ4n) is 1.85. The van der Waals surface area contributed by atoms with E-state index in [1.54, 1.807) is 18.2 Å². The summed E-state index contributed by atoms with van der Waals surface area (Å²) in [4.78, 5) is 0. The van der Waals surface area contributed by atoms with Crippen LogP contribution in [-0.2, 0) is 0 Å². The first-order chi connectivity index (χ1) is 10.0. The van der Waals surface area contributed by atoms with Crippen LogP contribution < -0.4 is 10.5 Å². The lowest BCUT2D eigenvalue weighted by Crippen LogP contribution is -2.12. The smallest absolute Gasteiger partial charge is 0.170 e. The number of hydrogen-bond acceptors (Lipinski definition) is 3. The topological polar surface area (TPSA) is 67.8 Å². The summed E-state index contributed by atoms with van der Waals surface area (Å²) >= 11 is 3.42. The third-order valence-corrected chi connectivity index (χ3v) is 3.73. The lowest BCUT2D eigenvalue weighted by molar-refractivity contribution is 0.318. The molecule has 0 radical (unpaired) electrons. The molecule has 0 heterocycles. The fourth-order valence-corrected chi connectivity index (χ4v) is 2.31. The van der Waals surface area contributed by atoms with E-state index < -0.39 is 0 Å². The minimum Gasteiger partial charge on any atom is -0.456 e. The summed E-state index contributed by atoms with van der Waals surface area (Å²) in [5.74, 6) is 1.98. The van der Waals surface area contributed by atoms with Crippen LogP contribution in [0.1, 0.15) is 30.9 Å². The monoisotopic (exact) mass is 348 g/mol. The zero-order chi connectivity index (χ0) is 15.4. The van der Waals surface area contributed by atoms with Crippen molar-refractivity contribution < 1.29 is 9.94 Å². The quantitative estimate of drug-likeness (QED) is 0.371. The van der Waals surface area contributed by atoms with Gasteiger partial charge < -0.3 is 15.7 Å². The Kier molecular flexibility index (Phi) is 4.85. The van der Waals surface area contributed by atoms with Crippen LogP contribution in [0.3, 0.4) is 0 Å². The first kappa shape index (κ1) is 15.4. The molecule has 0 aliphatic rings. The molecule has 0 spiro atoms. The third-order valence-electron chi connectivity index (χ3n) is 3.11. The Balaban J connectivity index is 2.20. The molecule has 2 rings (SSSR count). The van der Waals surface area contributed by atoms with Gasteiger partial charge in [0.15, 0.2) is 5.84 Å². The first-order valence-electron chi connectivity index (χ1n) is 6.56. The largest absolute Gasteiger partial charge is 0.456 e. The van der Waals surface area contributed by atoms with Gasteiger partial charge in [-0.25, -0.2) is 0 Å². The Morgan fingerprint density at radius 1 is 1.19 bits per heavy atom. The predicted octanol–water partition coefficient (Wildman–Crippen LogP) is 4.46. The molecule has 0 unspecified atom stereocenters. The molecule has 0 bridgehead atoms. The van der Waals surface area contributed by atoms with Gasteiger partial charge in [0.2, 0.25) is 0 Å². The summed E-state index contributed by atoms with van der Waals surface area (Å²) in [7, 11) is 0. The maximum Gasteiger partial charge on any atom is 0.170 e. The van der Waals surface area contributed by atoms with Crippen molar-refractivity contribution in [2.45, 2.75) is 19.8 Å². The van der Waals surface area contributed by atoms with E-state index in [1.165, 1.54) is 5.56 Å². The fraction of sp³-hybridized carbons (Fsp3) is 0.188. The van der Waals surface area contributed by atoms with E-state index in [0.29, 0.717) is 17.2 Å². The van der Waals surface area contributed by atoms with Gasteiger partial charge in [0.1, 0.15) is 11.5 Å². The average molecular weight is 349 g/mol. The summed E-state index contributed by atoms with van der Waals surface area (Å²) < 4.78 is 6.56. The summed E-state index contributed by atoms with van der Waals surface area (Å²) in [6.07, 6.45) is 0. The molecule has 0 saturated carbocycles. The van der Waals surface area contributed by atoms with E-state index in [4.69, 9.17) is 15.7 Å². The van der Waals surface area contributed by atoms with Crippen molar-refractivity contribution in [1.82, 2.24) is 0 Å². The summed E-state index contributed by atoms with van der Waals surface area (Å²) in [5.41, 5.74) is 7.43. The summed E-state index contributed by atoms with van der Waals surface area (Å²) in [6.45, 7) is 4.30. The molecule has 0 saturated heterocycles. The lowest BCUT2D eigenvalue weighted by Gasteiger charge is -2.10. The van der Waals surface area contributed by atoms with Crippen molar-refractivity contribution in [3.05, 3.63) is 58.1 Å². The molecule has 0 atom stereocenters. The Morgan fingerprint density at radius 3 is 2.38 bits per heavy atom. The van der Waals surface area contributed by atoms with Crippen molar-refractivity contribution in [1.29, 1.82) is 0 Å². The number of rotatable bonds is 4. The van der Waals surface area contributed by atoms with Crippen LogP contribution in [0.25, 0.3) is 0 Å². The normalized spacial score (nSPS) is 11.7. The van der Waals surface area contributed by atoms with E-state index in [9.17, 15) is 0 Å². The molecule has 0 amide bonds. The van der Waals surface area contributed by atoms with Crippen LogP contribution in [-0.4, -0.2) is 11.0 Å². The van der Waals surface area contributed by atoms with Gasteiger partial charge in [-0.3, -0.25) is 0 Å². The van der Waals surface area contributed by atoms with Crippen LogP contribution in [0, 0.1) is 0 Å². The second-order valence-corrected chi connectivity index (χ2v) is 5.81. The molecule has 0 aliphatic heterocycles. The minimum absolute atomic E-state index is 0.0588. The molecule has 4 nitrogen and oxygen atoms in total. The van der Waals surface area contributed by atoms with Crippen molar-refractivity contribution in [2.24, 2.45) is 10.9 Å². The Bertz CT molecular complexity index is 652. The van der Waals surface area contributed by atoms with Crippen molar-refractivity contribution >= 4 is 21.8 Å². The second-order valence-electron chi connectivity index (χ2n) is 4.96. The molecule has 110 valence electrons. The zero-order valence-corrected chi connectivity index (χ0v) is 13.5. The van der Waals surface area contributed by atoms with Crippen LogP contribution >= 0.6 is 15.9 Å². The molecule has 21 heavy (non-hydrogen) atoms. The highest BCUT2D eigenvalue weighted by atomic mass is 79.9. The van der Waals surface area contributed by atoms with Crippen molar-refractivity contribution in [3.8, 4) is 11.5 Å². The first-order valence-corrected chi connectivity index (χ1v) is 7.36. The summed E-state index contributed by atoms with van der Waals surface area (Å²) in [6, 6.07) is 13.2. The number of benzene rings is 2. The number of amidine groups is 1. The van der Waals surface area contributed by atoms with E-state index in [-0.39, 0.29) is 5.84 Å². The molecular weight excluding hydrogens is 332 g/mol. The van der Waals surface area contributed by atoms with Gasteiger partial charge in [-0.15, -0.1) is 0 Å². The maximum absolute atomic E-state index is 8.67. The lowest BCUT2D eigenvalue weighted by atomic mass is 10.0. The molecule has 0 aromatic heterocycles. The second kappa shape index (κ2) is 6.63. The number of nitrogens with two attached hydrogens (primary N) is 1. The highest BCUT2D eigenvalue weighted by molar-refractivity contribution is 9.10. The Labute approximate surface area is 132 Å². The van der Waals surface area contributed by atoms with Crippen LogP contribution in [0.2, 0.25) is 0 Å². The minimum atomic E-state index is 0.0588. The average Bonchev–Trinajstić information content (AvgIpc) is 2.49. The molecule has 3 N–H and O–H groups in total. The van der Waals surface area contributed by atoms with Gasteiger partial charge in [0.05, 0.1) is 4.47 Å². The number of oxime groups is 1. The van der Waals surface area contributed by atoms with Crippen molar-refractivity contribution in [3.63, 3.8) is 0 Å². The molecule has 5 heteroatoms. The van der Waals surface area contributed by atoms with Gasteiger partial charge in [0, 0.05) is 5.56 Å². The highest BCUT2D eigenvalue weighted by Gasteiger charge is 2.07. The standard InChI is InChI=1S/C16H17BrN2O2/c1-10(2)11-3-6-13(7-4-11)21-15-8-5-12(9-14(15)17)16(18)19-20/h3-10,20H,1-2H3,(H2,18,19). The van der Waals surface area contributed by atoms with Gasteiger partial charge in [-0.2, -0.15) is 0 Å². The summed E-state index contributed by atoms with van der Waals surface area (Å²) in [5, 5.41) is 11.6. The van der Waals surface area contributed by atoms with Gasteiger partial charge in [0.25, 0.3) is 0 Å². The number of halogens is 1. The van der Waals surface area contributed by atoms with Gasteiger partial charge in [-0.1, -0.05) is 31.1 Å². The van der Waals surface area contributed by atoms with Crippen LogP contribution in [0.15, 0.2) is 52.1 Å². The van der Waals surface area contributed by atoms with Crippen LogP contribution in [0.5, 0.6) is 11.5 Å². The molecule has 2 aromatic rings. The molecule has 2 aromatic carbocycles. The highest BCUT2D eigenvalue weighted by Crippen LogP contribution is 2.31. The van der Waals surface area contributed by atoms with Gasteiger partial charge in [-0.05, 0) is 57.7 Å². The Hall–Kier alpha value is -2.01. The molecule has 0 aliphatic carbocycles. The van der Waals surface area contributed by atoms with E-state index in [1.807, 2.05) is 12.1 Å². The van der Waals surface area contributed by atoms with E-state index in [2.05, 4.69) is 47.1 Å². The van der Waals surface area contributed by atoms with Crippen molar-refractivity contribution in [2.75, 3.05) is 0 Å². The zero-order valence-electron chi connectivity index (χ0n) is 11.9. The predicted molar refractivity (Wildman–Crippen MR) is 87.3 cm³/mol. The van der Waals surface area contributed by atoms with E-state index in [0.717, 1.165) is 10.2 Å². The number of hydrogen-bond donors (Lipinski definition) is 2. The molecule has 0 fully saturated rings. The van der Waals surface area contributed by atoms with E-state index >= 15 is 0 Å². The number of ether oxygens (including phenoxy) is 1. The van der Waals surface area contributed by atoms with Crippen LogP contribution in [0.4, 0.5) is 0 Å². The SMILES string of the molecule is CC(C)c1ccc(Oc2ccc(/C(N)=N/O)cc2Br)cc1. The van der Waals surface area contributed by atoms with Gasteiger partial charge >= 0.3 is 0 Å². The molecular formula is C16H17BrN2O2. The maximum atomic E-state index is 8.67. The third kappa shape index (κ3) is 3.76. The Morgan fingerprint density at radius 2 is 1.86 bits per heavy atom.